The number of hydrogen-bond acceptors (Lipinski definition) is 2. The second-order valence-electron chi connectivity index (χ2n) is 6.83. The molecule has 1 atom stereocenters. The molecule has 23 heavy (non-hydrogen) atoms. The number of rotatable bonds is 6. The average Bonchev–Trinajstić information content (AvgIpc) is 2.55. The Morgan fingerprint density at radius 2 is 1.52 bits per heavy atom. The number of hydrogen-bond donors (Lipinski definition) is 2. The Balaban J connectivity index is 2.37. The van der Waals surface area contributed by atoms with Crippen molar-refractivity contribution in [2.24, 2.45) is 11.1 Å². The normalized spacial score (nSPS) is 14.3. The van der Waals surface area contributed by atoms with Crippen LogP contribution in [0.5, 0.6) is 0 Å². The van der Waals surface area contributed by atoms with E-state index in [0.717, 1.165) is 12.8 Å². The van der Waals surface area contributed by atoms with Crippen LogP contribution in [0.2, 0.25) is 0 Å². The molecule has 2 aromatic rings. The largest absolute Gasteiger partial charge is 0.372 e. The van der Waals surface area contributed by atoms with E-state index in [2.05, 4.69) is 20.8 Å². The lowest BCUT2D eigenvalue weighted by Gasteiger charge is -2.27. The SMILES string of the molecule is CCC(C)(C)Cc1ccc(C(O)(C(N)=O)c2ccccc2)cc1. The van der Waals surface area contributed by atoms with E-state index < -0.39 is 11.5 Å². The van der Waals surface area contributed by atoms with Crippen molar-refractivity contribution in [2.75, 3.05) is 0 Å². The predicted octanol–water partition coefficient (Wildman–Crippen LogP) is 3.39. The van der Waals surface area contributed by atoms with Crippen LogP contribution in [0, 0.1) is 5.41 Å². The molecule has 2 rings (SSSR count). The van der Waals surface area contributed by atoms with Crippen molar-refractivity contribution < 1.29 is 9.90 Å². The molecule has 0 saturated heterocycles. The monoisotopic (exact) mass is 311 g/mol. The number of benzene rings is 2. The smallest absolute Gasteiger partial charge is 0.258 e. The summed E-state index contributed by atoms with van der Waals surface area (Å²) in [4.78, 5) is 12.0. The first kappa shape index (κ1) is 17.2. The minimum absolute atomic E-state index is 0.223. The maximum atomic E-state index is 12.0. The van der Waals surface area contributed by atoms with Gasteiger partial charge in [0.1, 0.15) is 0 Å². The quantitative estimate of drug-likeness (QED) is 0.859. The Labute approximate surface area is 138 Å². The Morgan fingerprint density at radius 3 is 2.00 bits per heavy atom. The molecule has 0 heterocycles. The van der Waals surface area contributed by atoms with Gasteiger partial charge in [-0.1, -0.05) is 81.8 Å². The van der Waals surface area contributed by atoms with Gasteiger partial charge in [-0.15, -0.1) is 0 Å². The van der Waals surface area contributed by atoms with Gasteiger partial charge in [-0.3, -0.25) is 4.79 Å². The molecular formula is C20H25NO2. The van der Waals surface area contributed by atoms with Crippen molar-refractivity contribution in [3.05, 3.63) is 71.3 Å². The number of carbonyl (C=O) groups excluding carboxylic acids is 1. The third kappa shape index (κ3) is 3.62. The summed E-state index contributed by atoms with van der Waals surface area (Å²) in [6, 6.07) is 16.3. The van der Waals surface area contributed by atoms with Gasteiger partial charge >= 0.3 is 0 Å². The standard InChI is InChI=1S/C20H25NO2/c1-4-19(2,3)14-15-10-12-17(13-11-15)20(23,18(21)22)16-8-6-5-7-9-16/h5-13,23H,4,14H2,1-3H3,(H2,21,22). The summed E-state index contributed by atoms with van der Waals surface area (Å²) < 4.78 is 0. The fraction of sp³-hybridized carbons (Fsp3) is 0.350. The zero-order valence-electron chi connectivity index (χ0n) is 14.0. The summed E-state index contributed by atoms with van der Waals surface area (Å²) >= 11 is 0. The summed E-state index contributed by atoms with van der Waals surface area (Å²) in [5.74, 6) is -0.773. The van der Waals surface area contributed by atoms with Crippen LogP contribution in [0.1, 0.15) is 43.9 Å². The molecule has 1 unspecified atom stereocenters. The molecule has 0 bridgehead atoms. The molecule has 122 valence electrons. The molecule has 0 aliphatic rings. The van der Waals surface area contributed by atoms with Crippen molar-refractivity contribution in [3.63, 3.8) is 0 Å². The molecule has 3 N–H and O–H groups in total. The Hall–Kier alpha value is -2.13. The maximum Gasteiger partial charge on any atom is 0.258 e. The van der Waals surface area contributed by atoms with Gasteiger partial charge in [0.15, 0.2) is 5.60 Å². The first-order chi connectivity index (χ1) is 10.8. The minimum atomic E-state index is -1.81. The molecule has 0 spiro atoms. The van der Waals surface area contributed by atoms with Gasteiger partial charge in [0, 0.05) is 0 Å². The van der Waals surface area contributed by atoms with E-state index in [1.54, 1.807) is 36.4 Å². The number of carbonyl (C=O) groups is 1. The molecule has 0 aliphatic heterocycles. The molecule has 3 heteroatoms. The van der Waals surface area contributed by atoms with Crippen molar-refractivity contribution in [1.82, 2.24) is 0 Å². The lowest BCUT2D eigenvalue weighted by atomic mass is 9.81. The second kappa shape index (κ2) is 6.55. The zero-order valence-corrected chi connectivity index (χ0v) is 14.0. The van der Waals surface area contributed by atoms with Gasteiger partial charge in [-0.2, -0.15) is 0 Å². The van der Waals surface area contributed by atoms with Crippen molar-refractivity contribution in [3.8, 4) is 0 Å². The van der Waals surface area contributed by atoms with Crippen LogP contribution in [0.4, 0.5) is 0 Å². The molecule has 0 aromatic heterocycles. The van der Waals surface area contributed by atoms with E-state index in [9.17, 15) is 9.90 Å². The molecule has 2 aromatic carbocycles. The van der Waals surface area contributed by atoms with Crippen molar-refractivity contribution in [1.29, 1.82) is 0 Å². The summed E-state index contributed by atoms with van der Waals surface area (Å²) in [6.07, 6.45) is 2.04. The van der Waals surface area contributed by atoms with Crippen LogP contribution in [0.3, 0.4) is 0 Å². The fourth-order valence-electron chi connectivity index (χ4n) is 2.67. The van der Waals surface area contributed by atoms with E-state index in [1.165, 1.54) is 5.56 Å². The van der Waals surface area contributed by atoms with Crippen LogP contribution < -0.4 is 5.73 Å². The number of amides is 1. The molecule has 0 fully saturated rings. The minimum Gasteiger partial charge on any atom is -0.372 e. The summed E-state index contributed by atoms with van der Waals surface area (Å²) in [5, 5.41) is 10.9. The second-order valence-corrected chi connectivity index (χ2v) is 6.83. The Morgan fingerprint density at radius 1 is 1.00 bits per heavy atom. The van der Waals surface area contributed by atoms with Gasteiger partial charge in [0.2, 0.25) is 0 Å². The van der Waals surface area contributed by atoms with Crippen LogP contribution in [0.15, 0.2) is 54.6 Å². The highest BCUT2D eigenvalue weighted by molar-refractivity contribution is 5.88. The third-order valence-corrected chi connectivity index (χ3v) is 4.56. The predicted molar refractivity (Wildman–Crippen MR) is 92.9 cm³/mol. The van der Waals surface area contributed by atoms with Gasteiger partial charge in [0.25, 0.3) is 5.91 Å². The number of primary amides is 1. The lowest BCUT2D eigenvalue weighted by molar-refractivity contribution is -0.133. The molecular weight excluding hydrogens is 286 g/mol. The van der Waals surface area contributed by atoms with Crippen LogP contribution in [-0.2, 0) is 16.8 Å². The lowest BCUT2D eigenvalue weighted by Crippen LogP contribution is -2.42. The molecule has 3 nitrogen and oxygen atoms in total. The van der Waals surface area contributed by atoms with E-state index in [-0.39, 0.29) is 5.41 Å². The molecule has 1 amide bonds. The first-order valence-corrected chi connectivity index (χ1v) is 7.97. The highest BCUT2D eigenvalue weighted by Crippen LogP contribution is 2.31. The van der Waals surface area contributed by atoms with E-state index in [1.807, 2.05) is 18.2 Å². The van der Waals surface area contributed by atoms with Crippen molar-refractivity contribution >= 4 is 5.91 Å². The van der Waals surface area contributed by atoms with E-state index in [0.29, 0.717) is 11.1 Å². The van der Waals surface area contributed by atoms with Crippen LogP contribution >= 0.6 is 0 Å². The molecule has 0 saturated carbocycles. The topological polar surface area (TPSA) is 63.3 Å². The molecule has 0 radical (unpaired) electrons. The highest BCUT2D eigenvalue weighted by Gasteiger charge is 2.38. The zero-order chi connectivity index (χ0) is 17.1. The molecule has 0 aliphatic carbocycles. The summed E-state index contributed by atoms with van der Waals surface area (Å²) in [6.45, 7) is 6.63. The first-order valence-electron chi connectivity index (χ1n) is 7.97. The van der Waals surface area contributed by atoms with E-state index >= 15 is 0 Å². The van der Waals surface area contributed by atoms with Crippen molar-refractivity contribution in [2.45, 2.75) is 39.2 Å². The fourth-order valence-corrected chi connectivity index (χ4v) is 2.67. The Bertz CT molecular complexity index is 662. The summed E-state index contributed by atoms with van der Waals surface area (Å²) in [7, 11) is 0. The van der Waals surface area contributed by atoms with Gasteiger partial charge in [-0.25, -0.2) is 0 Å². The van der Waals surface area contributed by atoms with Gasteiger partial charge in [-0.05, 0) is 28.5 Å². The Kier molecular flexibility index (Phi) is 4.90. The van der Waals surface area contributed by atoms with Gasteiger partial charge in [0.05, 0.1) is 0 Å². The van der Waals surface area contributed by atoms with Crippen LogP contribution in [0.25, 0.3) is 0 Å². The third-order valence-electron chi connectivity index (χ3n) is 4.56. The maximum absolute atomic E-state index is 12.0. The average molecular weight is 311 g/mol. The van der Waals surface area contributed by atoms with E-state index in [4.69, 9.17) is 5.73 Å². The van der Waals surface area contributed by atoms with Crippen LogP contribution in [-0.4, -0.2) is 11.0 Å². The summed E-state index contributed by atoms with van der Waals surface area (Å²) in [5.41, 5.74) is 6.08. The number of nitrogens with two attached hydrogens (primary N) is 1. The highest BCUT2D eigenvalue weighted by atomic mass is 16.3. The number of aliphatic hydroxyl groups is 1. The van der Waals surface area contributed by atoms with Gasteiger partial charge < -0.3 is 10.8 Å².